The molecular weight excluding hydrogens is 331 g/mol. The van der Waals surface area contributed by atoms with Gasteiger partial charge in [-0.25, -0.2) is 0 Å². The molecule has 0 bridgehead atoms. The number of nitrogens with two attached hydrogens (primary N) is 1. The number of rotatable bonds is 6. The van der Waals surface area contributed by atoms with Crippen LogP contribution in [-0.4, -0.2) is 20.6 Å². The maximum Gasteiger partial charge on any atom is 0.416 e. The third-order valence-corrected chi connectivity index (χ3v) is 3.01. The van der Waals surface area contributed by atoms with E-state index in [1.165, 1.54) is 16.9 Å². The highest BCUT2D eigenvalue weighted by molar-refractivity contribution is 5.73. The summed E-state index contributed by atoms with van der Waals surface area (Å²) < 4.78 is 39.3. The van der Waals surface area contributed by atoms with E-state index in [2.05, 4.69) is 10.4 Å². The first-order valence-corrected chi connectivity index (χ1v) is 6.61. The number of nitrogens with one attached hydrogen (secondary N) is 1. The van der Waals surface area contributed by atoms with E-state index in [0.29, 0.717) is 6.07 Å². The van der Waals surface area contributed by atoms with E-state index < -0.39 is 28.3 Å². The van der Waals surface area contributed by atoms with Crippen LogP contribution in [0.2, 0.25) is 0 Å². The average molecular weight is 343 g/mol. The number of alkyl halides is 3. The van der Waals surface area contributed by atoms with Crippen molar-refractivity contribution >= 4 is 23.1 Å². The lowest BCUT2D eigenvalue weighted by Crippen LogP contribution is -2.14. The zero-order valence-corrected chi connectivity index (χ0v) is 12.1. The van der Waals surface area contributed by atoms with E-state index in [4.69, 9.17) is 5.73 Å². The fraction of sp³-hybridized carbons (Fsp3) is 0.231. The van der Waals surface area contributed by atoms with Gasteiger partial charge in [0.2, 0.25) is 5.91 Å². The summed E-state index contributed by atoms with van der Waals surface area (Å²) in [7, 11) is 0. The Morgan fingerprint density at radius 1 is 1.38 bits per heavy atom. The number of hydrogen-bond donors (Lipinski definition) is 2. The molecule has 8 nitrogen and oxygen atoms in total. The number of carbonyl (C=O) groups excluding carboxylic acids is 1. The van der Waals surface area contributed by atoms with Gasteiger partial charge in [0.15, 0.2) is 5.82 Å². The Morgan fingerprint density at radius 3 is 2.67 bits per heavy atom. The van der Waals surface area contributed by atoms with Crippen molar-refractivity contribution in [2.45, 2.75) is 19.1 Å². The third-order valence-electron chi connectivity index (χ3n) is 3.01. The molecule has 128 valence electrons. The number of aromatic nitrogens is 2. The molecule has 3 N–H and O–H groups in total. The molecule has 2 aromatic rings. The molecule has 0 spiro atoms. The monoisotopic (exact) mass is 343 g/mol. The molecule has 0 atom stereocenters. The molecule has 2 rings (SSSR count). The molecule has 0 fully saturated rings. The second-order valence-corrected chi connectivity index (χ2v) is 4.79. The molecular formula is C13H12F3N5O3. The Balaban J connectivity index is 2.23. The summed E-state index contributed by atoms with van der Waals surface area (Å²) in [4.78, 5) is 20.8. The molecule has 11 heteroatoms. The second kappa shape index (κ2) is 6.56. The maximum absolute atomic E-state index is 12.6. The van der Waals surface area contributed by atoms with Gasteiger partial charge >= 0.3 is 6.18 Å². The number of carbonyl (C=O) groups is 1. The number of nitrogens with zero attached hydrogens (tertiary/aromatic N) is 3. The first kappa shape index (κ1) is 17.2. The van der Waals surface area contributed by atoms with Crippen LogP contribution in [0.3, 0.4) is 0 Å². The number of aryl methyl sites for hydroxylation is 1. The number of nitro benzene ring substituents is 1. The number of anilines is 2. The molecule has 0 saturated heterocycles. The third kappa shape index (κ3) is 4.21. The minimum atomic E-state index is -4.68. The lowest BCUT2D eigenvalue weighted by atomic mass is 10.1. The minimum Gasteiger partial charge on any atom is -0.370 e. The molecule has 0 radical (unpaired) electrons. The van der Waals surface area contributed by atoms with E-state index in [0.717, 1.165) is 12.1 Å². The van der Waals surface area contributed by atoms with E-state index in [1.807, 2.05) is 0 Å². The summed E-state index contributed by atoms with van der Waals surface area (Å²) in [6, 6.07) is 3.61. The predicted octanol–water partition coefficient (Wildman–Crippen LogP) is 2.43. The van der Waals surface area contributed by atoms with Crippen LogP contribution >= 0.6 is 0 Å². The highest BCUT2D eigenvalue weighted by Gasteiger charge is 2.33. The molecule has 0 aliphatic rings. The average Bonchev–Trinajstić information content (AvgIpc) is 2.91. The lowest BCUT2D eigenvalue weighted by molar-refractivity contribution is -0.384. The van der Waals surface area contributed by atoms with E-state index in [-0.39, 0.29) is 24.5 Å². The first-order chi connectivity index (χ1) is 11.2. The largest absolute Gasteiger partial charge is 0.416 e. The van der Waals surface area contributed by atoms with Gasteiger partial charge in [-0.3, -0.25) is 19.6 Å². The van der Waals surface area contributed by atoms with Crippen LogP contribution in [0.15, 0.2) is 30.5 Å². The summed E-state index contributed by atoms with van der Waals surface area (Å²) in [6.07, 6.45) is -3.12. The Labute approximate surface area is 133 Å². The quantitative estimate of drug-likeness (QED) is 0.617. The van der Waals surface area contributed by atoms with Gasteiger partial charge in [0.25, 0.3) is 5.69 Å². The number of benzene rings is 1. The van der Waals surface area contributed by atoms with Crippen molar-refractivity contribution < 1.29 is 22.9 Å². The zero-order valence-electron chi connectivity index (χ0n) is 12.1. The van der Waals surface area contributed by atoms with Gasteiger partial charge in [-0.1, -0.05) is 0 Å². The van der Waals surface area contributed by atoms with Crippen LogP contribution in [0.4, 0.5) is 30.4 Å². The van der Waals surface area contributed by atoms with E-state index in [9.17, 15) is 28.1 Å². The Bertz CT molecular complexity index is 772. The predicted molar refractivity (Wildman–Crippen MR) is 77.4 cm³/mol. The van der Waals surface area contributed by atoms with Crippen molar-refractivity contribution in [3.63, 3.8) is 0 Å². The summed E-state index contributed by atoms with van der Waals surface area (Å²) >= 11 is 0. The van der Waals surface area contributed by atoms with Gasteiger partial charge in [0, 0.05) is 31.3 Å². The normalized spacial score (nSPS) is 11.3. The number of hydrogen-bond acceptors (Lipinski definition) is 5. The molecule has 24 heavy (non-hydrogen) atoms. The Kier molecular flexibility index (Phi) is 4.71. The van der Waals surface area contributed by atoms with Crippen LogP contribution in [-0.2, 0) is 17.5 Å². The highest BCUT2D eigenvalue weighted by atomic mass is 19.4. The van der Waals surface area contributed by atoms with Crippen molar-refractivity contribution in [3.05, 3.63) is 46.1 Å². The van der Waals surface area contributed by atoms with E-state index >= 15 is 0 Å². The number of primary amides is 1. The van der Waals surface area contributed by atoms with Crippen molar-refractivity contribution in [1.82, 2.24) is 9.78 Å². The summed E-state index contributed by atoms with van der Waals surface area (Å²) in [6.45, 7) is 0.214. The van der Waals surface area contributed by atoms with Gasteiger partial charge in [0.05, 0.1) is 10.5 Å². The van der Waals surface area contributed by atoms with Gasteiger partial charge < -0.3 is 11.1 Å². The van der Waals surface area contributed by atoms with Gasteiger partial charge in [-0.2, -0.15) is 18.3 Å². The SMILES string of the molecule is NC(=O)CCn1ccc(Nc2ccc(C(F)(F)F)cc2[N+](=O)[O-])n1. The Morgan fingerprint density at radius 2 is 2.08 bits per heavy atom. The van der Waals surface area contributed by atoms with Crippen LogP contribution < -0.4 is 11.1 Å². The molecule has 1 amide bonds. The van der Waals surface area contributed by atoms with Crippen molar-refractivity contribution in [1.29, 1.82) is 0 Å². The smallest absolute Gasteiger partial charge is 0.370 e. The van der Waals surface area contributed by atoms with Crippen LogP contribution in [0.25, 0.3) is 0 Å². The summed E-state index contributed by atoms with van der Waals surface area (Å²) in [5.41, 5.74) is 3.03. The summed E-state index contributed by atoms with van der Waals surface area (Å²) in [5.74, 6) is -0.333. The van der Waals surface area contributed by atoms with Crippen LogP contribution in [0, 0.1) is 10.1 Å². The summed E-state index contributed by atoms with van der Waals surface area (Å²) in [5, 5.41) is 17.6. The number of amides is 1. The van der Waals surface area contributed by atoms with Gasteiger partial charge in [-0.15, -0.1) is 0 Å². The van der Waals surface area contributed by atoms with Crippen molar-refractivity contribution in [2.24, 2.45) is 5.73 Å². The fourth-order valence-corrected chi connectivity index (χ4v) is 1.88. The van der Waals surface area contributed by atoms with Gasteiger partial charge in [0.1, 0.15) is 5.69 Å². The maximum atomic E-state index is 12.6. The van der Waals surface area contributed by atoms with Gasteiger partial charge in [-0.05, 0) is 12.1 Å². The zero-order chi connectivity index (χ0) is 17.9. The second-order valence-electron chi connectivity index (χ2n) is 4.79. The lowest BCUT2D eigenvalue weighted by Gasteiger charge is -2.09. The molecule has 0 saturated carbocycles. The number of halogens is 3. The molecule has 1 aromatic carbocycles. The number of nitro groups is 1. The minimum absolute atomic E-state index is 0.0571. The highest BCUT2D eigenvalue weighted by Crippen LogP contribution is 2.35. The van der Waals surface area contributed by atoms with Crippen LogP contribution in [0.5, 0.6) is 0 Å². The molecule has 1 aromatic heterocycles. The standard InChI is InChI=1S/C13H12F3N5O3/c14-13(15,16)8-1-2-9(10(7-8)21(23)24)18-12-4-6-20(19-12)5-3-11(17)22/h1-2,4,6-7H,3,5H2,(H2,17,22)(H,18,19). The molecule has 1 heterocycles. The topological polar surface area (TPSA) is 116 Å². The molecule has 0 aliphatic heterocycles. The van der Waals surface area contributed by atoms with E-state index in [1.54, 1.807) is 0 Å². The Hall–Kier alpha value is -3.11. The van der Waals surface area contributed by atoms with Crippen molar-refractivity contribution in [2.75, 3.05) is 5.32 Å². The molecule has 0 aliphatic carbocycles. The van der Waals surface area contributed by atoms with Crippen molar-refractivity contribution in [3.8, 4) is 0 Å². The molecule has 0 unspecified atom stereocenters. The van der Waals surface area contributed by atoms with Crippen LogP contribution in [0.1, 0.15) is 12.0 Å². The first-order valence-electron chi connectivity index (χ1n) is 6.61. The fourth-order valence-electron chi connectivity index (χ4n) is 1.88.